The number of carbonyl (C=O) groups is 2. The van der Waals surface area contributed by atoms with E-state index in [9.17, 15) is 14.7 Å². The molecule has 200 valence electrons. The Morgan fingerprint density at radius 1 is 0.923 bits per heavy atom. The normalized spacial score (nSPS) is 18.3. The highest BCUT2D eigenvalue weighted by molar-refractivity contribution is 5.96. The number of fused-ring (bicyclic) bond motifs is 4. The summed E-state index contributed by atoms with van der Waals surface area (Å²) < 4.78 is 7.64. The maximum absolute atomic E-state index is 13.9. The molecule has 1 N–H and O–H groups in total. The van der Waals surface area contributed by atoms with E-state index in [-0.39, 0.29) is 23.8 Å². The lowest BCUT2D eigenvalue weighted by atomic mass is 9.68. The summed E-state index contributed by atoms with van der Waals surface area (Å²) in [5, 5.41) is 11.8. The van der Waals surface area contributed by atoms with Gasteiger partial charge in [0.15, 0.2) is 0 Å². The minimum absolute atomic E-state index is 0.0367. The Kier molecular flexibility index (Phi) is 6.39. The molecule has 1 atom stereocenters. The second kappa shape index (κ2) is 9.89. The van der Waals surface area contributed by atoms with Crippen LogP contribution in [0.15, 0.2) is 78.9 Å². The molecule has 1 spiro atoms. The average molecular weight is 524 g/mol. The number of amides is 2. The van der Waals surface area contributed by atoms with Crippen molar-refractivity contribution in [3.63, 3.8) is 0 Å². The predicted molar refractivity (Wildman–Crippen MR) is 150 cm³/mol. The van der Waals surface area contributed by atoms with Crippen molar-refractivity contribution in [3.8, 4) is 5.75 Å². The van der Waals surface area contributed by atoms with Gasteiger partial charge in [-0.2, -0.15) is 0 Å². The molecule has 2 aliphatic rings. The Balaban J connectivity index is 1.45. The van der Waals surface area contributed by atoms with Gasteiger partial charge >= 0.3 is 0 Å². The zero-order valence-corrected chi connectivity index (χ0v) is 22.3. The SMILES string of the molecule is COc1ccc2c3c(n(C)c2c1)[C@H](CO)N(C(=O)c1ccccc1)CC31CCN(C(=O)c2ccccc2)CC1. The van der Waals surface area contributed by atoms with Crippen LogP contribution in [0, 0.1) is 0 Å². The smallest absolute Gasteiger partial charge is 0.254 e. The van der Waals surface area contributed by atoms with E-state index in [1.54, 1.807) is 7.11 Å². The molecule has 1 saturated heterocycles. The third kappa shape index (κ3) is 4.08. The number of rotatable bonds is 4. The van der Waals surface area contributed by atoms with E-state index in [1.165, 1.54) is 5.56 Å². The molecule has 0 unspecified atom stereocenters. The second-order valence-electron chi connectivity index (χ2n) is 10.6. The van der Waals surface area contributed by atoms with Gasteiger partial charge in [0.2, 0.25) is 0 Å². The molecule has 4 aromatic rings. The summed E-state index contributed by atoms with van der Waals surface area (Å²) in [4.78, 5) is 31.0. The van der Waals surface area contributed by atoms with Crippen molar-refractivity contribution >= 4 is 22.7 Å². The van der Waals surface area contributed by atoms with Crippen LogP contribution in [0.4, 0.5) is 0 Å². The van der Waals surface area contributed by atoms with E-state index in [2.05, 4.69) is 10.6 Å². The lowest BCUT2D eigenvalue weighted by Crippen LogP contribution is -2.56. The molecule has 0 saturated carbocycles. The Morgan fingerprint density at radius 2 is 1.54 bits per heavy atom. The molecule has 0 aliphatic carbocycles. The third-order valence-corrected chi connectivity index (χ3v) is 8.63. The Bertz CT molecular complexity index is 1520. The van der Waals surface area contributed by atoms with E-state index < -0.39 is 6.04 Å². The number of aliphatic hydroxyl groups excluding tert-OH is 1. The van der Waals surface area contributed by atoms with Gasteiger partial charge in [-0.3, -0.25) is 9.59 Å². The third-order valence-electron chi connectivity index (χ3n) is 8.63. The van der Waals surface area contributed by atoms with Gasteiger partial charge in [-0.1, -0.05) is 36.4 Å². The first-order valence-electron chi connectivity index (χ1n) is 13.5. The van der Waals surface area contributed by atoms with Crippen LogP contribution in [0.1, 0.15) is 50.9 Å². The number of piperidine rings is 1. The quantitative estimate of drug-likeness (QED) is 0.426. The number of ether oxygens (including phenoxy) is 1. The zero-order valence-electron chi connectivity index (χ0n) is 22.3. The number of hydrogen-bond acceptors (Lipinski definition) is 4. The van der Waals surface area contributed by atoms with E-state index in [0.29, 0.717) is 30.8 Å². The standard InChI is InChI=1S/C32H33N3O4/c1-33-26-19-24(39-2)13-14-25(26)28-29(33)27(20-36)35(31(38)23-11-7-4-8-12-23)21-32(28)15-17-34(18-16-32)30(37)22-9-5-3-6-10-22/h3-14,19,27,36H,15-18,20-21H2,1-2H3/t27-/m0/s1. The summed E-state index contributed by atoms with van der Waals surface area (Å²) in [5.74, 6) is 0.704. The Hall–Kier alpha value is -4.10. The number of likely N-dealkylation sites (tertiary alicyclic amines) is 1. The highest BCUT2D eigenvalue weighted by atomic mass is 16.5. The molecule has 6 rings (SSSR count). The number of nitrogens with zero attached hydrogens (tertiary/aromatic N) is 3. The maximum Gasteiger partial charge on any atom is 0.254 e. The highest BCUT2D eigenvalue weighted by Crippen LogP contribution is 2.50. The van der Waals surface area contributed by atoms with E-state index >= 15 is 0 Å². The van der Waals surface area contributed by atoms with Gasteiger partial charge in [-0.05, 0) is 54.8 Å². The molecule has 3 heterocycles. The van der Waals surface area contributed by atoms with Crippen LogP contribution in [0.5, 0.6) is 5.75 Å². The van der Waals surface area contributed by atoms with Crippen LogP contribution in [-0.4, -0.2) is 64.6 Å². The van der Waals surface area contributed by atoms with Gasteiger partial charge in [-0.15, -0.1) is 0 Å². The number of methoxy groups -OCH3 is 1. The molecule has 1 fully saturated rings. The van der Waals surface area contributed by atoms with Crippen LogP contribution in [-0.2, 0) is 12.5 Å². The summed E-state index contributed by atoms with van der Waals surface area (Å²) in [6, 6.07) is 24.3. The molecule has 7 nitrogen and oxygen atoms in total. The number of hydrogen-bond donors (Lipinski definition) is 1. The van der Waals surface area contributed by atoms with Crippen molar-refractivity contribution < 1.29 is 19.4 Å². The lowest BCUT2D eigenvalue weighted by molar-refractivity contribution is 0.0317. The van der Waals surface area contributed by atoms with Crippen molar-refractivity contribution in [2.75, 3.05) is 33.4 Å². The first-order valence-corrected chi connectivity index (χ1v) is 13.5. The van der Waals surface area contributed by atoms with Gasteiger partial charge in [-0.25, -0.2) is 0 Å². The average Bonchev–Trinajstić information content (AvgIpc) is 3.30. The lowest BCUT2D eigenvalue weighted by Gasteiger charge is -2.50. The van der Waals surface area contributed by atoms with E-state index in [1.807, 2.05) is 89.6 Å². The van der Waals surface area contributed by atoms with Crippen molar-refractivity contribution in [1.82, 2.24) is 14.4 Å². The monoisotopic (exact) mass is 523 g/mol. The van der Waals surface area contributed by atoms with Crippen LogP contribution >= 0.6 is 0 Å². The molecule has 39 heavy (non-hydrogen) atoms. The summed E-state index contributed by atoms with van der Waals surface area (Å²) in [6.45, 7) is 1.49. The van der Waals surface area contributed by atoms with Crippen LogP contribution in [0.3, 0.4) is 0 Å². The fourth-order valence-electron chi connectivity index (χ4n) is 6.63. The number of carbonyl (C=O) groups excluding carboxylic acids is 2. The van der Waals surface area contributed by atoms with Gasteiger partial charge < -0.3 is 24.2 Å². The fourth-order valence-corrected chi connectivity index (χ4v) is 6.63. The van der Waals surface area contributed by atoms with Gasteiger partial charge in [0.25, 0.3) is 11.8 Å². The number of aliphatic hydroxyl groups is 1. The highest BCUT2D eigenvalue weighted by Gasteiger charge is 2.50. The minimum Gasteiger partial charge on any atom is -0.497 e. The van der Waals surface area contributed by atoms with Crippen LogP contribution in [0.2, 0.25) is 0 Å². The molecule has 1 aromatic heterocycles. The van der Waals surface area contributed by atoms with Gasteiger partial charge in [0, 0.05) is 60.4 Å². The topological polar surface area (TPSA) is 75.0 Å². The summed E-state index contributed by atoms with van der Waals surface area (Å²) in [6.07, 6.45) is 1.45. The fraction of sp³-hybridized carbons (Fsp3) is 0.312. The maximum atomic E-state index is 13.9. The summed E-state index contributed by atoms with van der Waals surface area (Å²) in [5.41, 5.74) is 4.09. The number of aromatic nitrogens is 1. The molecule has 7 heteroatoms. The Morgan fingerprint density at radius 3 is 2.13 bits per heavy atom. The molecule has 0 radical (unpaired) electrons. The molecular weight excluding hydrogens is 490 g/mol. The van der Waals surface area contributed by atoms with E-state index in [0.717, 1.165) is 35.2 Å². The first kappa shape index (κ1) is 25.2. The van der Waals surface area contributed by atoms with E-state index in [4.69, 9.17) is 4.74 Å². The number of benzene rings is 3. The zero-order chi connectivity index (χ0) is 27.1. The minimum atomic E-state index is -0.481. The van der Waals surface area contributed by atoms with Crippen molar-refractivity contribution in [2.45, 2.75) is 24.3 Å². The van der Waals surface area contributed by atoms with Crippen LogP contribution in [0.25, 0.3) is 10.9 Å². The largest absolute Gasteiger partial charge is 0.497 e. The number of aryl methyl sites for hydroxylation is 1. The molecule has 3 aromatic carbocycles. The van der Waals surface area contributed by atoms with Crippen molar-refractivity contribution in [1.29, 1.82) is 0 Å². The first-order chi connectivity index (χ1) is 19.0. The van der Waals surface area contributed by atoms with Crippen molar-refractivity contribution in [2.24, 2.45) is 7.05 Å². The summed E-state index contributed by atoms with van der Waals surface area (Å²) >= 11 is 0. The summed E-state index contributed by atoms with van der Waals surface area (Å²) in [7, 11) is 3.66. The predicted octanol–water partition coefficient (Wildman–Crippen LogP) is 4.55. The van der Waals surface area contributed by atoms with Crippen molar-refractivity contribution in [3.05, 3.63) is 101 Å². The van der Waals surface area contributed by atoms with Gasteiger partial charge in [0.1, 0.15) is 5.75 Å². The second-order valence-corrected chi connectivity index (χ2v) is 10.6. The molecule has 2 aliphatic heterocycles. The molecule has 0 bridgehead atoms. The molecular formula is C32H33N3O4. The van der Waals surface area contributed by atoms with Crippen LogP contribution < -0.4 is 4.74 Å². The Labute approximate surface area is 228 Å². The molecule has 2 amide bonds. The van der Waals surface area contributed by atoms with Gasteiger partial charge in [0.05, 0.1) is 25.3 Å².